The number of carbonyl (C=O) groups excluding carboxylic acids is 1. The third-order valence-corrected chi connectivity index (χ3v) is 5.05. The maximum Gasteiger partial charge on any atom is 0.273 e. The second kappa shape index (κ2) is 6.65. The van der Waals surface area contributed by atoms with E-state index in [-0.39, 0.29) is 17.2 Å². The summed E-state index contributed by atoms with van der Waals surface area (Å²) in [6, 6.07) is 11.8. The lowest BCUT2D eigenvalue weighted by molar-refractivity contribution is -0.385. The van der Waals surface area contributed by atoms with Crippen LogP contribution >= 0.6 is 11.3 Å². The molecule has 4 rings (SSSR count). The van der Waals surface area contributed by atoms with Gasteiger partial charge in [-0.25, -0.2) is 4.98 Å². The zero-order valence-corrected chi connectivity index (χ0v) is 15.1. The van der Waals surface area contributed by atoms with E-state index in [1.807, 2.05) is 34.3 Å². The van der Waals surface area contributed by atoms with Crippen molar-refractivity contribution in [1.29, 1.82) is 0 Å². The van der Waals surface area contributed by atoms with E-state index in [0.717, 1.165) is 16.2 Å². The van der Waals surface area contributed by atoms with E-state index in [0.29, 0.717) is 11.3 Å². The predicted octanol–water partition coefficient (Wildman–Crippen LogP) is 4.53. The molecule has 134 valence electrons. The Labute approximate surface area is 158 Å². The number of hydrogen-bond acceptors (Lipinski definition) is 5. The maximum atomic E-state index is 12.5. The highest BCUT2D eigenvalue weighted by Gasteiger charge is 2.18. The second-order valence-corrected chi connectivity index (χ2v) is 6.83. The van der Waals surface area contributed by atoms with Crippen LogP contribution in [0, 0.1) is 17.0 Å². The first-order chi connectivity index (χ1) is 13.0. The van der Waals surface area contributed by atoms with Crippen LogP contribution in [0.3, 0.4) is 0 Å². The van der Waals surface area contributed by atoms with Gasteiger partial charge < -0.3 is 5.32 Å². The molecule has 0 saturated carbocycles. The van der Waals surface area contributed by atoms with Gasteiger partial charge in [0.05, 0.1) is 10.6 Å². The van der Waals surface area contributed by atoms with Gasteiger partial charge in [-0.3, -0.25) is 19.3 Å². The molecule has 0 aliphatic rings. The second-order valence-electron chi connectivity index (χ2n) is 5.96. The van der Waals surface area contributed by atoms with E-state index in [9.17, 15) is 14.9 Å². The molecule has 1 amide bonds. The number of nitro benzene ring substituents is 1. The number of anilines is 1. The standard InChI is InChI=1S/C19H14N4O3S/c1-12-15(3-2-4-17(12)23(25)26)18(24)20-14-7-5-13(6-8-14)16-11-22-9-10-27-19(22)21-16/h2-11H,1H3,(H,20,24). The lowest BCUT2D eigenvalue weighted by Gasteiger charge is -2.08. The van der Waals surface area contributed by atoms with Crippen molar-refractivity contribution in [2.24, 2.45) is 0 Å². The molecule has 2 heterocycles. The number of imidazole rings is 1. The number of benzene rings is 2. The van der Waals surface area contributed by atoms with Crippen LogP contribution in [-0.4, -0.2) is 20.2 Å². The van der Waals surface area contributed by atoms with Gasteiger partial charge in [0.2, 0.25) is 0 Å². The molecule has 8 heteroatoms. The molecular weight excluding hydrogens is 364 g/mol. The molecule has 1 N–H and O–H groups in total. The Morgan fingerprint density at radius 2 is 2.00 bits per heavy atom. The number of nitrogens with one attached hydrogen (secondary N) is 1. The smallest absolute Gasteiger partial charge is 0.273 e. The molecule has 0 atom stereocenters. The number of hydrogen-bond donors (Lipinski definition) is 1. The molecule has 7 nitrogen and oxygen atoms in total. The minimum atomic E-state index is -0.489. The molecule has 0 bridgehead atoms. The topological polar surface area (TPSA) is 89.5 Å². The zero-order chi connectivity index (χ0) is 19.0. The number of nitrogens with zero attached hydrogens (tertiary/aromatic N) is 3. The highest BCUT2D eigenvalue weighted by molar-refractivity contribution is 7.15. The summed E-state index contributed by atoms with van der Waals surface area (Å²) >= 11 is 1.56. The van der Waals surface area contributed by atoms with Crippen molar-refractivity contribution in [3.05, 3.63) is 81.5 Å². The van der Waals surface area contributed by atoms with Crippen molar-refractivity contribution < 1.29 is 9.72 Å². The molecule has 27 heavy (non-hydrogen) atoms. The summed E-state index contributed by atoms with van der Waals surface area (Å²) in [5.41, 5.74) is 2.95. The van der Waals surface area contributed by atoms with Gasteiger partial charge in [0, 0.05) is 46.2 Å². The minimum Gasteiger partial charge on any atom is -0.322 e. The molecule has 0 aliphatic carbocycles. The zero-order valence-electron chi connectivity index (χ0n) is 14.2. The van der Waals surface area contributed by atoms with Gasteiger partial charge in [-0.05, 0) is 25.1 Å². The van der Waals surface area contributed by atoms with E-state index in [1.165, 1.54) is 12.1 Å². The van der Waals surface area contributed by atoms with Crippen LogP contribution in [0.15, 0.2) is 60.2 Å². The van der Waals surface area contributed by atoms with Gasteiger partial charge in [-0.1, -0.05) is 18.2 Å². The molecule has 0 spiro atoms. The summed E-state index contributed by atoms with van der Waals surface area (Å²) in [7, 11) is 0. The van der Waals surface area contributed by atoms with Crippen molar-refractivity contribution in [2.75, 3.05) is 5.32 Å². The largest absolute Gasteiger partial charge is 0.322 e. The number of amides is 1. The Hall–Kier alpha value is -3.52. The summed E-state index contributed by atoms with van der Waals surface area (Å²) in [4.78, 5) is 28.5. The summed E-state index contributed by atoms with van der Waals surface area (Å²) < 4.78 is 1.96. The maximum absolute atomic E-state index is 12.5. The molecule has 0 saturated heterocycles. The van der Waals surface area contributed by atoms with Crippen LogP contribution in [0.1, 0.15) is 15.9 Å². The van der Waals surface area contributed by atoms with E-state index in [4.69, 9.17) is 0 Å². The number of rotatable bonds is 4. The fourth-order valence-electron chi connectivity index (χ4n) is 2.86. The highest BCUT2D eigenvalue weighted by atomic mass is 32.1. The molecule has 2 aromatic carbocycles. The monoisotopic (exact) mass is 378 g/mol. The van der Waals surface area contributed by atoms with Crippen LogP contribution in [0.5, 0.6) is 0 Å². The van der Waals surface area contributed by atoms with Gasteiger partial charge in [-0.2, -0.15) is 0 Å². The Kier molecular flexibility index (Phi) is 4.17. The third kappa shape index (κ3) is 3.18. The van der Waals surface area contributed by atoms with Crippen LogP contribution in [0.25, 0.3) is 16.2 Å². The molecule has 4 aromatic rings. The number of thiazole rings is 1. The summed E-state index contributed by atoms with van der Waals surface area (Å²) in [5, 5.41) is 15.8. The third-order valence-electron chi connectivity index (χ3n) is 4.28. The van der Waals surface area contributed by atoms with Crippen LogP contribution in [0.2, 0.25) is 0 Å². The molecule has 0 aliphatic heterocycles. The van der Waals surface area contributed by atoms with Crippen LogP contribution in [0.4, 0.5) is 11.4 Å². The first kappa shape index (κ1) is 16.9. The quantitative estimate of drug-likeness (QED) is 0.417. The van der Waals surface area contributed by atoms with Gasteiger partial charge in [0.1, 0.15) is 0 Å². The highest BCUT2D eigenvalue weighted by Crippen LogP contribution is 2.25. The number of aromatic nitrogens is 2. The van der Waals surface area contributed by atoms with Crippen LogP contribution < -0.4 is 5.32 Å². The lowest BCUT2D eigenvalue weighted by Crippen LogP contribution is -2.14. The van der Waals surface area contributed by atoms with Gasteiger partial charge in [0.25, 0.3) is 11.6 Å². The van der Waals surface area contributed by atoms with Crippen molar-refractivity contribution in [1.82, 2.24) is 9.38 Å². The summed E-state index contributed by atoms with van der Waals surface area (Å²) in [6.45, 7) is 1.57. The molecule has 0 unspecified atom stereocenters. The number of nitro groups is 1. The van der Waals surface area contributed by atoms with Gasteiger partial charge in [-0.15, -0.1) is 11.3 Å². The first-order valence-corrected chi connectivity index (χ1v) is 8.99. The number of carbonyl (C=O) groups is 1. The minimum absolute atomic E-state index is 0.0715. The lowest BCUT2D eigenvalue weighted by atomic mass is 10.1. The Bertz CT molecular complexity index is 1130. The van der Waals surface area contributed by atoms with Crippen molar-refractivity contribution in [2.45, 2.75) is 6.92 Å². The van der Waals surface area contributed by atoms with Crippen molar-refractivity contribution in [3.63, 3.8) is 0 Å². The molecule has 0 fully saturated rings. The Morgan fingerprint density at radius 1 is 1.22 bits per heavy atom. The molecule has 2 aromatic heterocycles. The Morgan fingerprint density at radius 3 is 2.70 bits per heavy atom. The number of fused-ring (bicyclic) bond motifs is 1. The normalized spacial score (nSPS) is 10.9. The van der Waals surface area contributed by atoms with Crippen molar-refractivity contribution in [3.8, 4) is 11.3 Å². The van der Waals surface area contributed by atoms with Crippen LogP contribution in [-0.2, 0) is 0 Å². The average molecular weight is 378 g/mol. The van der Waals surface area contributed by atoms with Gasteiger partial charge >= 0.3 is 0 Å². The SMILES string of the molecule is Cc1c(C(=O)Nc2ccc(-c3cn4ccsc4n3)cc2)cccc1[N+](=O)[O-]. The summed E-state index contributed by atoms with van der Waals surface area (Å²) in [5.74, 6) is -0.383. The van der Waals surface area contributed by atoms with E-state index >= 15 is 0 Å². The van der Waals surface area contributed by atoms with Crippen molar-refractivity contribution >= 4 is 33.6 Å². The van der Waals surface area contributed by atoms with E-state index in [1.54, 1.807) is 36.5 Å². The van der Waals surface area contributed by atoms with E-state index < -0.39 is 4.92 Å². The predicted molar refractivity (Wildman–Crippen MR) is 104 cm³/mol. The Balaban J connectivity index is 1.55. The average Bonchev–Trinajstić information content (AvgIpc) is 3.24. The first-order valence-electron chi connectivity index (χ1n) is 8.11. The van der Waals surface area contributed by atoms with E-state index in [2.05, 4.69) is 10.3 Å². The summed E-state index contributed by atoms with van der Waals surface area (Å²) in [6.07, 6.45) is 3.90. The fraction of sp³-hybridized carbons (Fsp3) is 0.0526. The molecule has 0 radical (unpaired) electrons. The fourth-order valence-corrected chi connectivity index (χ4v) is 3.56. The molecular formula is C19H14N4O3S. The van der Waals surface area contributed by atoms with Gasteiger partial charge in [0.15, 0.2) is 4.96 Å².